The second kappa shape index (κ2) is 30.5. The zero-order chi connectivity index (χ0) is 68.4. The summed E-state index contributed by atoms with van der Waals surface area (Å²) in [5.41, 5.74) is 0. The number of hydrogen-bond donors (Lipinski definition) is 20. The van der Waals surface area contributed by atoms with Crippen LogP contribution in [0.2, 0.25) is 0 Å². The highest BCUT2D eigenvalue weighted by Crippen LogP contribution is 2.38. The number of aliphatic carboxylic acids is 3. The summed E-state index contributed by atoms with van der Waals surface area (Å²) in [6.45, 7) is -1.85. The van der Waals surface area contributed by atoms with Crippen LogP contribution in [0.3, 0.4) is 0 Å². The number of carboxylic acid groups (broad SMARTS) is 3. The molecular formula is C42H65N3O43S3. The number of ether oxygens (including phenoxy) is 11. The van der Waals surface area contributed by atoms with Gasteiger partial charge in [0.15, 0.2) is 56.1 Å². The summed E-state index contributed by atoms with van der Waals surface area (Å²) in [6, 6.07) is -6.28. The van der Waals surface area contributed by atoms with E-state index >= 15 is 0 Å². The average molecular weight is 1400 g/mol. The van der Waals surface area contributed by atoms with Crippen LogP contribution in [0.15, 0.2) is 0 Å². The van der Waals surface area contributed by atoms with Crippen LogP contribution in [0.5, 0.6) is 0 Å². The normalized spacial score (nSPS) is 42.6. The Morgan fingerprint density at radius 1 is 0.341 bits per heavy atom. The topological polar surface area (TPSA) is 714 Å². The van der Waals surface area contributed by atoms with Gasteiger partial charge in [0.05, 0.1) is 19.8 Å². The van der Waals surface area contributed by atoms with Crippen LogP contribution in [0.1, 0.15) is 20.8 Å². The van der Waals surface area contributed by atoms with Crippen molar-refractivity contribution in [3.8, 4) is 0 Å². The fraction of sp³-hybridized carbons (Fsp3) is 0.857. The van der Waals surface area contributed by atoms with Gasteiger partial charge >= 0.3 is 49.1 Å². The maximum atomic E-state index is 13.0. The van der Waals surface area contributed by atoms with E-state index in [1.165, 1.54) is 0 Å². The van der Waals surface area contributed by atoms with Gasteiger partial charge in [0.25, 0.3) is 0 Å². The maximum absolute atomic E-state index is 13.0. The Kier molecular flexibility index (Phi) is 25.3. The van der Waals surface area contributed by atoms with Gasteiger partial charge in [0.2, 0.25) is 17.7 Å². The van der Waals surface area contributed by atoms with Crippen molar-refractivity contribution in [3.63, 3.8) is 0 Å². The molecule has 6 heterocycles. The Hall–Kier alpha value is -4.45. The van der Waals surface area contributed by atoms with Gasteiger partial charge in [-0.3, -0.25) is 28.0 Å². The summed E-state index contributed by atoms with van der Waals surface area (Å²) in [7, 11) is -16.3. The van der Waals surface area contributed by atoms with Gasteiger partial charge in [0, 0.05) is 20.8 Å². The lowest BCUT2D eigenvalue weighted by atomic mass is 9.93. The minimum Gasteiger partial charge on any atom is -0.479 e. The van der Waals surface area contributed by atoms with Crippen LogP contribution < -0.4 is 16.0 Å². The number of carbonyl (C=O) groups excluding carboxylic acids is 3. The molecule has 6 fully saturated rings. The van der Waals surface area contributed by atoms with Crippen molar-refractivity contribution in [1.29, 1.82) is 0 Å². The molecule has 0 aromatic carbocycles. The van der Waals surface area contributed by atoms with Gasteiger partial charge in [-0.2, -0.15) is 25.3 Å². The molecule has 46 nitrogen and oxygen atoms in total. The number of nitrogens with one attached hydrogen (secondary N) is 3. The lowest BCUT2D eigenvalue weighted by molar-refractivity contribution is -0.378. The number of carboxylic acids is 3. The van der Waals surface area contributed by atoms with Gasteiger partial charge in [-0.25, -0.2) is 26.9 Å². The molecule has 0 spiro atoms. The first-order chi connectivity index (χ1) is 42.0. The second-order valence-electron chi connectivity index (χ2n) is 20.7. The number of rotatable bonds is 25. The minimum absolute atomic E-state index is 0.772. The van der Waals surface area contributed by atoms with Crippen molar-refractivity contribution in [1.82, 2.24) is 16.0 Å². The van der Waals surface area contributed by atoms with Crippen molar-refractivity contribution >= 4 is 66.8 Å². The fourth-order valence-corrected chi connectivity index (χ4v) is 11.0. The Morgan fingerprint density at radius 2 is 0.615 bits per heavy atom. The highest BCUT2D eigenvalue weighted by Gasteiger charge is 2.60. The van der Waals surface area contributed by atoms with E-state index in [9.17, 15) is 135 Å². The van der Waals surface area contributed by atoms with E-state index < -0.39 is 271 Å². The van der Waals surface area contributed by atoms with E-state index in [1.807, 2.05) is 0 Å². The van der Waals surface area contributed by atoms with Crippen LogP contribution in [-0.4, -0.2) is 350 Å². The SMILES string of the molecule is CC(=O)N[C@H]1[C@@H](O[C@H]2[C@H](O)[C@@H](O)[C@H](O)O[C@@H]2C(=O)O)O[C@H](COS(=O)(=O)O)[C@@H](O[C@@H]2O[C@H](C(=O)O)[C@@H](O[C@H]3O[C@H](COS(=O)(=O)O)[C@@H](O[C@@H]4O[C@H](C(=O)O)[C@@H](O[C@H]5O[C@H](COS(=O)(=O)O)[C@@H](O)[C@H](O)[C@H]5NC(C)=O)[C@H](O)[C@H]4O)[C@H](O)[C@H]3NC(C)=O)[C@H](O)[C@H]2O)[C@@H]1O. The number of aliphatic hydroxyl groups is 11. The van der Waals surface area contributed by atoms with Gasteiger partial charge in [-0.1, -0.05) is 0 Å². The summed E-state index contributed by atoms with van der Waals surface area (Å²) in [5.74, 6) is -9.42. The summed E-state index contributed by atoms with van der Waals surface area (Å²) >= 11 is 0. The molecule has 30 atom stereocenters. The molecule has 0 bridgehead atoms. The van der Waals surface area contributed by atoms with E-state index in [4.69, 9.17) is 56.7 Å². The summed E-state index contributed by atoms with van der Waals surface area (Å²) in [4.78, 5) is 75.2. The molecule has 20 N–H and O–H groups in total. The highest BCUT2D eigenvalue weighted by atomic mass is 32.3. The Labute approximate surface area is 510 Å². The monoisotopic (exact) mass is 1400 g/mol. The maximum Gasteiger partial charge on any atom is 0.397 e. The molecule has 524 valence electrons. The van der Waals surface area contributed by atoms with Gasteiger partial charge in [-0.15, -0.1) is 0 Å². The van der Waals surface area contributed by atoms with Gasteiger partial charge < -0.3 is 140 Å². The number of carbonyl (C=O) groups is 6. The molecule has 0 saturated carbocycles. The first-order valence-electron chi connectivity index (χ1n) is 26.0. The number of hydrogen-bond acceptors (Lipinski definition) is 37. The van der Waals surface area contributed by atoms with Crippen LogP contribution in [0.4, 0.5) is 0 Å². The third kappa shape index (κ3) is 18.9. The van der Waals surface area contributed by atoms with E-state index in [-0.39, 0.29) is 0 Å². The molecule has 0 aliphatic carbocycles. The molecule has 0 radical (unpaired) electrons. The van der Waals surface area contributed by atoms with Crippen molar-refractivity contribution in [2.75, 3.05) is 19.8 Å². The first-order valence-corrected chi connectivity index (χ1v) is 30.1. The number of aliphatic hydroxyl groups excluding tert-OH is 11. The smallest absolute Gasteiger partial charge is 0.397 e. The molecule has 6 saturated heterocycles. The molecule has 6 rings (SSSR count). The Balaban J connectivity index is 1.27. The third-order valence-electron chi connectivity index (χ3n) is 14.1. The van der Waals surface area contributed by atoms with E-state index in [2.05, 4.69) is 28.5 Å². The predicted molar refractivity (Wildman–Crippen MR) is 267 cm³/mol. The first kappa shape index (κ1) is 75.6. The Bertz CT molecular complexity index is 2920. The quantitative estimate of drug-likeness (QED) is 0.0377. The summed E-state index contributed by atoms with van der Waals surface area (Å²) in [6.07, 6.45) is -65.8. The second-order valence-corrected chi connectivity index (χ2v) is 23.9. The standard InChI is InChI=1S/C42H65N3O43S3/c1-7(46)43-13-17(50)16(49)10(4-75-89(66,67)68)78-38(13)85-29-21(54)24(57)41(87-32(29)35(61)62)83-27-12(6-77-91(72,73)74)80-40(15(19(27)52)45-9(3)48)86-30-22(55)25(58)42(88-33(30)36(63)64)82-26-11(5-76-90(69,70)71)79-39(14(18(26)51)44-8(2)47)84-28-20(53)23(56)37(65)81-31(28)34(59)60/h10-33,37-42,49-58,65H,4-6H2,1-3H3,(H,43,46)(H,44,47)(H,45,48)(H,59,60)(H,61,62)(H,63,64)(H,66,67,68)(H,69,70,71)(H,72,73,74)/t10-,11-,12-,13-,14-,15-,16-,17-,18-,19-,20-,21-,22-,23-,24-,25-,26-,27-,28+,29+,30+,31+,32+,33+,37-,38-,39-,40-,41-,42-/m1/s1. The van der Waals surface area contributed by atoms with Crippen molar-refractivity contribution in [2.24, 2.45) is 0 Å². The summed E-state index contributed by atoms with van der Waals surface area (Å²) in [5, 5.41) is 159. The van der Waals surface area contributed by atoms with Crippen LogP contribution >= 0.6 is 0 Å². The average Bonchev–Trinajstić information content (AvgIpc) is 0.811. The molecule has 0 aromatic rings. The van der Waals surface area contributed by atoms with Crippen LogP contribution in [0, 0.1) is 0 Å². The lowest BCUT2D eigenvalue weighted by Gasteiger charge is -2.50. The van der Waals surface area contributed by atoms with E-state index in [0.29, 0.717) is 0 Å². The molecule has 91 heavy (non-hydrogen) atoms. The fourth-order valence-electron chi connectivity index (χ4n) is 10.1. The molecule has 3 amide bonds. The Morgan fingerprint density at radius 3 is 0.923 bits per heavy atom. The minimum atomic E-state index is -5.58. The number of amides is 3. The van der Waals surface area contributed by atoms with E-state index in [0.717, 1.165) is 20.8 Å². The van der Waals surface area contributed by atoms with Crippen molar-refractivity contribution in [3.05, 3.63) is 0 Å². The molecule has 0 unspecified atom stereocenters. The van der Waals surface area contributed by atoms with Crippen molar-refractivity contribution < 1.29 is 204 Å². The largest absolute Gasteiger partial charge is 0.479 e. The highest BCUT2D eigenvalue weighted by molar-refractivity contribution is 7.81. The third-order valence-corrected chi connectivity index (χ3v) is 15.4. The lowest BCUT2D eigenvalue weighted by Crippen LogP contribution is -2.71. The van der Waals surface area contributed by atoms with Crippen LogP contribution in [-0.2, 0) is 125 Å². The molecule has 6 aliphatic rings. The van der Waals surface area contributed by atoms with Gasteiger partial charge in [-0.05, 0) is 0 Å². The summed E-state index contributed by atoms with van der Waals surface area (Å²) < 4.78 is 171. The molecule has 49 heteroatoms. The molecular weight excluding hydrogens is 1330 g/mol. The zero-order valence-electron chi connectivity index (χ0n) is 46.4. The predicted octanol–water partition coefficient (Wildman–Crippen LogP) is -13.9. The molecule has 6 aliphatic heterocycles. The van der Waals surface area contributed by atoms with E-state index in [1.54, 1.807) is 0 Å². The van der Waals surface area contributed by atoms with Gasteiger partial charge in [0.1, 0.15) is 128 Å². The zero-order valence-corrected chi connectivity index (χ0v) is 48.8. The van der Waals surface area contributed by atoms with Crippen molar-refractivity contribution in [2.45, 2.75) is 205 Å². The van der Waals surface area contributed by atoms with Crippen LogP contribution in [0.25, 0.3) is 0 Å². The molecule has 0 aromatic heterocycles.